The van der Waals surface area contributed by atoms with Gasteiger partial charge >= 0.3 is 0 Å². The van der Waals surface area contributed by atoms with E-state index in [1.807, 2.05) is 6.92 Å². The van der Waals surface area contributed by atoms with Crippen LogP contribution in [0.3, 0.4) is 0 Å². The first-order chi connectivity index (χ1) is 5.20. The Morgan fingerprint density at radius 2 is 2.00 bits per heavy atom. The number of fused-ring (bicyclic) bond motifs is 1. The van der Waals surface area contributed by atoms with Gasteiger partial charge in [-0.3, -0.25) is 0 Å². The monoisotopic (exact) mass is 158 g/mol. The zero-order chi connectivity index (χ0) is 8.01. The lowest BCUT2D eigenvalue weighted by atomic mass is 9.93. The first kappa shape index (κ1) is 7.53. The fourth-order valence-corrected chi connectivity index (χ4v) is 2.39. The second kappa shape index (κ2) is 2.44. The molecule has 0 aromatic heterocycles. The van der Waals surface area contributed by atoms with Crippen molar-refractivity contribution in [3.8, 4) is 0 Å². The smallest absolute Gasteiger partial charge is 0.160 e. The first-order valence-electron chi connectivity index (χ1n) is 4.21. The highest BCUT2D eigenvalue weighted by molar-refractivity contribution is 4.93. The summed E-state index contributed by atoms with van der Waals surface area (Å²) in [5.74, 6) is 0.352. The number of hydrogen-bond donors (Lipinski definition) is 2. The third kappa shape index (κ3) is 0.991. The molecule has 2 rings (SSSR count). The highest BCUT2D eigenvalue weighted by Crippen LogP contribution is 2.43. The topological polar surface area (TPSA) is 49.7 Å². The zero-order valence-corrected chi connectivity index (χ0v) is 6.60. The summed E-state index contributed by atoms with van der Waals surface area (Å²) in [7, 11) is 0. The lowest BCUT2D eigenvalue weighted by molar-refractivity contribution is -0.121. The van der Waals surface area contributed by atoms with Crippen molar-refractivity contribution < 1.29 is 14.9 Å². The van der Waals surface area contributed by atoms with Crippen LogP contribution < -0.4 is 0 Å². The van der Waals surface area contributed by atoms with E-state index >= 15 is 0 Å². The summed E-state index contributed by atoms with van der Waals surface area (Å²) < 4.78 is 5.19. The van der Waals surface area contributed by atoms with Crippen LogP contribution in [0, 0.1) is 11.8 Å². The Hall–Kier alpha value is -0.120. The number of hydrogen-bond acceptors (Lipinski definition) is 3. The molecule has 0 radical (unpaired) electrons. The molecule has 0 aromatic carbocycles. The molecule has 5 unspecified atom stereocenters. The van der Waals surface area contributed by atoms with E-state index in [-0.39, 0.29) is 18.1 Å². The van der Waals surface area contributed by atoms with Gasteiger partial charge in [0.15, 0.2) is 6.29 Å². The van der Waals surface area contributed by atoms with Crippen molar-refractivity contribution >= 4 is 0 Å². The van der Waals surface area contributed by atoms with Crippen LogP contribution in [0.4, 0.5) is 0 Å². The van der Waals surface area contributed by atoms with Crippen molar-refractivity contribution in [3.05, 3.63) is 0 Å². The lowest BCUT2D eigenvalue weighted by Gasteiger charge is -2.14. The van der Waals surface area contributed by atoms with Crippen LogP contribution >= 0.6 is 0 Å². The van der Waals surface area contributed by atoms with Gasteiger partial charge in [0.2, 0.25) is 0 Å². The summed E-state index contributed by atoms with van der Waals surface area (Å²) in [6.07, 6.45) is 0.851. The predicted octanol–water partition coefficient (Wildman–Crippen LogP) is 0.111. The van der Waals surface area contributed by atoms with Crippen molar-refractivity contribution in [1.29, 1.82) is 0 Å². The molecule has 1 heterocycles. The second-order valence-corrected chi connectivity index (χ2v) is 3.62. The van der Waals surface area contributed by atoms with Gasteiger partial charge in [-0.05, 0) is 25.7 Å². The van der Waals surface area contributed by atoms with Crippen LogP contribution in [0.1, 0.15) is 19.8 Å². The molecule has 3 nitrogen and oxygen atoms in total. The molecule has 5 atom stereocenters. The third-order valence-corrected chi connectivity index (χ3v) is 3.02. The van der Waals surface area contributed by atoms with E-state index < -0.39 is 6.29 Å². The normalized spacial score (nSPS) is 56.5. The summed E-state index contributed by atoms with van der Waals surface area (Å²) in [5, 5.41) is 18.8. The van der Waals surface area contributed by atoms with Crippen LogP contribution in [-0.2, 0) is 4.74 Å². The van der Waals surface area contributed by atoms with E-state index in [1.54, 1.807) is 0 Å². The number of aliphatic hydroxyl groups excluding tert-OH is 2. The third-order valence-electron chi connectivity index (χ3n) is 3.02. The molecule has 2 N–H and O–H groups in total. The van der Waals surface area contributed by atoms with Gasteiger partial charge in [0.1, 0.15) is 0 Å². The van der Waals surface area contributed by atoms with Crippen LogP contribution in [0.2, 0.25) is 0 Å². The highest BCUT2D eigenvalue weighted by Gasteiger charge is 2.48. The maximum absolute atomic E-state index is 9.45. The summed E-state index contributed by atoms with van der Waals surface area (Å²) in [6.45, 7) is 1.96. The van der Waals surface area contributed by atoms with Gasteiger partial charge in [0.25, 0.3) is 0 Å². The SMILES string of the molecule is CC1OC(O)C2C(O)CCC12. The van der Waals surface area contributed by atoms with E-state index in [4.69, 9.17) is 4.74 Å². The van der Waals surface area contributed by atoms with Gasteiger partial charge in [-0.25, -0.2) is 0 Å². The molecule has 0 spiro atoms. The minimum Gasteiger partial charge on any atom is -0.393 e. The Morgan fingerprint density at radius 3 is 2.64 bits per heavy atom. The van der Waals surface area contributed by atoms with Crippen molar-refractivity contribution in [1.82, 2.24) is 0 Å². The van der Waals surface area contributed by atoms with E-state index in [0.29, 0.717) is 5.92 Å². The largest absolute Gasteiger partial charge is 0.393 e. The standard InChI is InChI=1S/C8H14O3/c1-4-5-2-3-6(9)7(5)8(10)11-4/h4-10H,2-3H2,1H3. The van der Waals surface area contributed by atoms with Gasteiger partial charge in [-0.15, -0.1) is 0 Å². The van der Waals surface area contributed by atoms with Gasteiger partial charge in [0.05, 0.1) is 12.2 Å². The Kier molecular flexibility index (Phi) is 1.67. The molecule has 0 bridgehead atoms. The fraction of sp³-hybridized carbons (Fsp3) is 1.00. The second-order valence-electron chi connectivity index (χ2n) is 3.62. The highest BCUT2D eigenvalue weighted by atomic mass is 16.6. The molecular formula is C8H14O3. The minimum absolute atomic E-state index is 0.0231. The molecular weight excluding hydrogens is 144 g/mol. The Labute approximate surface area is 66.0 Å². The molecule has 0 aromatic rings. The summed E-state index contributed by atoms with van der Waals surface area (Å²) in [5.41, 5.74) is 0. The van der Waals surface area contributed by atoms with Crippen molar-refractivity contribution in [2.75, 3.05) is 0 Å². The number of rotatable bonds is 0. The van der Waals surface area contributed by atoms with Gasteiger partial charge in [-0.2, -0.15) is 0 Å². The molecule has 64 valence electrons. The maximum atomic E-state index is 9.45. The van der Waals surface area contributed by atoms with E-state index in [0.717, 1.165) is 12.8 Å². The van der Waals surface area contributed by atoms with Gasteiger partial charge < -0.3 is 14.9 Å². The predicted molar refractivity (Wildman–Crippen MR) is 38.8 cm³/mol. The number of ether oxygens (including phenoxy) is 1. The van der Waals surface area contributed by atoms with E-state index in [2.05, 4.69) is 0 Å². The molecule has 1 saturated carbocycles. The molecule has 1 aliphatic carbocycles. The van der Waals surface area contributed by atoms with Crippen molar-refractivity contribution in [2.45, 2.75) is 38.3 Å². The van der Waals surface area contributed by atoms with Crippen LogP contribution in [0.15, 0.2) is 0 Å². The number of aliphatic hydroxyl groups is 2. The quantitative estimate of drug-likeness (QED) is 0.526. The zero-order valence-electron chi connectivity index (χ0n) is 6.60. The summed E-state index contributed by atoms with van der Waals surface area (Å²) >= 11 is 0. The fourth-order valence-electron chi connectivity index (χ4n) is 2.39. The van der Waals surface area contributed by atoms with E-state index in [1.165, 1.54) is 0 Å². The van der Waals surface area contributed by atoms with Crippen molar-refractivity contribution in [3.63, 3.8) is 0 Å². The molecule has 0 amide bonds. The average molecular weight is 158 g/mol. The Morgan fingerprint density at radius 1 is 1.27 bits per heavy atom. The van der Waals surface area contributed by atoms with Crippen LogP contribution in [0.5, 0.6) is 0 Å². The summed E-state index contributed by atoms with van der Waals surface area (Å²) in [4.78, 5) is 0. The lowest BCUT2D eigenvalue weighted by Crippen LogP contribution is -2.26. The van der Waals surface area contributed by atoms with Crippen molar-refractivity contribution in [2.24, 2.45) is 11.8 Å². The molecule has 2 aliphatic rings. The Balaban J connectivity index is 2.15. The Bertz CT molecular complexity index is 159. The molecule has 1 saturated heterocycles. The van der Waals surface area contributed by atoms with E-state index in [9.17, 15) is 10.2 Å². The molecule has 1 aliphatic heterocycles. The van der Waals surface area contributed by atoms with Crippen LogP contribution in [0.25, 0.3) is 0 Å². The molecule has 2 fully saturated rings. The van der Waals surface area contributed by atoms with Crippen LogP contribution in [-0.4, -0.2) is 28.7 Å². The van der Waals surface area contributed by atoms with Gasteiger partial charge in [0, 0.05) is 5.92 Å². The minimum atomic E-state index is -0.729. The molecule has 11 heavy (non-hydrogen) atoms. The summed E-state index contributed by atoms with van der Waals surface area (Å²) in [6, 6.07) is 0. The maximum Gasteiger partial charge on any atom is 0.160 e. The van der Waals surface area contributed by atoms with Gasteiger partial charge in [-0.1, -0.05) is 0 Å². The first-order valence-corrected chi connectivity index (χ1v) is 4.21. The average Bonchev–Trinajstić information content (AvgIpc) is 2.41. The molecule has 3 heteroatoms.